The third kappa shape index (κ3) is 3.69. The first kappa shape index (κ1) is 16.6. The van der Waals surface area contributed by atoms with Crippen LogP contribution in [0.25, 0.3) is 6.08 Å². The molecule has 0 radical (unpaired) electrons. The topological polar surface area (TPSA) is 44.8 Å². The number of carbonyl (C=O) groups excluding carboxylic acids is 1. The van der Waals surface area contributed by atoms with Crippen LogP contribution >= 0.6 is 27.3 Å². The van der Waals surface area contributed by atoms with Gasteiger partial charge >= 0.3 is 0 Å². The fourth-order valence-corrected chi connectivity index (χ4v) is 3.18. The Labute approximate surface area is 141 Å². The molecule has 2 rings (SSSR count). The number of hydrogen-bond donors (Lipinski definition) is 0. The third-order valence-electron chi connectivity index (χ3n) is 2.97. The summed E-state index contributed by atoms with van der Waals surface area (Å²) in [6.07, 6.45) is 3.22. The summed E-state index contributed by atoms with van der Waals surface area (Å²) in [5.74, 6) is 1.70. The van der Waals surface area contributed by atoms with Crippen molar-refractivity contribution in [1.29, 1.82) is 0 Å². The summed E-state index contributed by atoms with van der Waals surface area (Å²) in [5, 5.41) is 0. The standard InChI is InChI=1S/C16H15BrO4S/c1-19-12-9-14(21-3)13(20-2)8-10(12)4-5-11(18)15-6-7-16(17)22-15/h4-9H,1-3H3/b5-4+. The summed E-state index contributed by atoms with van der Waals surface area (Å²) in [7, 11) is 4.69. The summed E-state index contributed by atoms with van der Waals surface area (Å²) in [6.45, 7) is 0. The number of methoxy groups -OCH3 is 3. The second kappa shape index (κ2) is 7.47. The van der Waals surface area contributed by atoms with Crippen LogP contribution in [0.1, 0.15) is 15.2 Å². The van der Waals surface area contributed by atoms with Crippen LogP contribution in [-0.2, 0) is 0 Å². The van der Waals surface area contributed by atoms with E-state index >= 15 is 0 Å². The van der Waals surface area contributed by atoms with Gasteiger partial charge in [-0.25, -0.2) is 0 Å². The van der Waals surface area contributed by atoms with Gasteiger partial charge < -0.3 is 14.2 Å². The second-order valence-corrected chi connectivity index (χ2v) is 6.71. The Balaban J connectivity index is 2.31. The van der Waals surface area contributed by atoms with Crippen molar-refractivity contribution in [3.8, 4) is 17.2 Å². The number of carbonyl (C=O) groups is 1. The van der Waals surface area contributed by atoms with Crippen molar-refractivity contribution in [3.63, 3.8) is 0 Å². The van der Waals surface area contributed by atoms with Crippen LogP contribution in [0, 0.1) is 0 Å². The van der Waals surface area contributed by atoms with E-state index in [-0.39, 0.29) is 5.78 Å². The van der Waals surface area contributed by atoms with Crippen molar-refractivity contribution in [2.75, 3.05) is 21.3 Å². The predicted molar refractivity (Wildman–Crippen MR) is 91.5 cm³/mol. The van der Waals surface area contributed by atoms with Gasteiger partial charge in [0.25, 0.3) is 0 Å². The molecule has 0 aliphatic carbocycles. The summed E-state index contributed by atoms with van der Waals surface area (Å²) in [5.41, 5.74) is 0.740. The highest BCUT2D eigenvalue weighted by Crippen LogP contribution is 2.35. The molecular formula is C16H15BrO4S. The lowest BCUT2D eigenvalue weighted by atomic mass is 10.1. The Morgan fingerprint density at radius 2 is 1.68 bits per heavy atom. The first-order chi connectivity index (χ1) is 10.6. The second-order valence-electron chi connectivity index (χ2n) is 4.25. The fourth-order valence-electron chi connectivity index (χ4n) is 1.88. The molecule has 0 N–H and O–H groups in total. The number of rotatable bonds is 6. The van der Waals surface area contributed by atoms with E-state index in [1.807, 2.05) is 6.07 Å². The van der Waals surface area contributed by atoms with Gasteiger partial charge in [-0.2, -0.15) is 0 Å². The van der Waals surface area contributed by atoms with Gasteiger partial charge in [0.15, 0.2) is 17.3 Å². The third-order valence-corrected chi connectivity index (χ3v) is 4.60. The van der Waals surface area contributed by atoms with E-state index in [9.17, 15) is 4.79 Å². The number of benzene rings is 1. The number of ether oxygens (including phenoxy) is 3. The zero-order valence-corrected chi connectivity index (χ0v) is 14.8. The molecule has 2 aromatic rings. The normalized spacial score (nSPS) is 10.7. The summed E-state index contributed by atoms with van der Waals surface area (Å²) in [4.78, 5) is 12.8. The van der Waals surface area contributed by atoms with Crippen LogP contribution in [0.4, 0.5) is 0 Å². The SMILES string of the molecule is COc1cc(OC)c(OC)cc1/C=C/C(=O)c1ccc(Br)s1. The fraction of sp³-hybridized carbons (Fsp3) is 0.188. The van der Waals surface area contributed by atoms with Crippen LogP contribution < -0.4 is 14.2 Å². The maximum atomic E-state index is 12.1. The molecule has 4 nitrogen and oxygen atoms in total. The van der Waals surface area contributed by atoms with Gasteiger partial charge in [-0.05, 0) is 46.3 Å². The molecule has 0 atom stereocenters. The number of ketones is 1. The molecule has 0 bridgehead atoms. The highest BCUT2D eigenvalue weighted by atomic mass is 79.9. The number of allylic oxidation sites excluding steroid dienone is 1. The van der Waals surface area contributed by atoms with E-state index in [1.165, 1.54) is 17.4 Å². The molecule has 0 aliphatic heterocycles. The van der Waals surface area contributed by atoms with Crippen LogP contribution in [0.3, 0.4) is 0 Å². The molecule has 0 unspecified atom stereocenters. The number of halogens is 1. The molecule has 0 aliphatic rings. The van der Waals surface area contributed by atoms with Gasteiger partial charge in [0.05, 0.1) is 30.0 Å². The van der Waals surface area contributed by atoms with E-state index in [1.54, 1.807) is 45.6 Å². The molecule has 0 spiro atoms. The predicted octanol–water partition coefficient (Wildman–Crippen LogP) is 4.43. The lowest BCUT2D eigenvalue weighted by Crippen LogP contribution is -1.95. The average molecular weight is 383 g/mol. The Kier molecular flexibility index (Phi) is 5.63. The van der Waals surface area contributed by atoms with E-state index < -0.39 is 0 Å². The zero-order valence-electron chi connectivity index (χ0n) is 12.4. The van der Waals surface area contributed by atoms with Gasteiger partial charge in [-0.3, -0.25) is 4.79 Å². The van der Waals surface area contributed by atoms with Crippen molar-refractivity contribution in [1.82, 2.24) is 0 Å². The minimum atomic E-state index is -0.0625. The first-order valence-electron chi connectivity index (χ1n) is 6.36. The van der Waals surface area contributed by atoms with E-state index in [0.717, 1.165) is 9.35 Å². The van der Waals surface area contributed by atoms with Gasteiger partial charge in [0.2, 0.25) is 0 Å². The van der Waals surface area contributed by atoms with Gasteiger partial charge in [-0.15, -0.1) is 11.3 Å². The van der Waals surface area contributed by atoms with Gasteiger partial charge in [-0.1, -0.05) is 0 Å². The Morgan fingerprint density at radius 1 is 1.05 bits per heavy atom. The maximum Gasteiger partial charge on any atom is 0.195 e. The van der Waals surface area contributed by atoms with Crippen molar-refractivity contribution in [2.45, 2.75) is 0 Å². The van der Waals surface area contributed by atoms with Crippen LogP contribution in [0.5, 0.6) is 17.2 Å². The average Bonchev–Trinajstić information content (AvgIpc) is 2.98. The van der Waals surface area contributed by atoms with E-state index in [0.29, 0.717) is 22.1 Å². The van der Waals surface area contributed by atoms with Crippen molar-refractivity contribution < 1.29 is 19.0 Å². The molecule has 0 fully saturated rings. The molecule has 0 amide bonds. The monoisotopic (exact) mass is 382 g/mol. The van der Waals surface area contributed by atoms with Crippen LogP contribution in [0.2, 0.25) is 0 Å². The summed E-state index contributed by atoms with van der Waals surface area (Å²) >= 11 is 4.74. The molecule has 1 aromatic carbocycles. The van der Waals surface area contributed by atoms with E-state index in [2.05, 4.69) is 15.9 Å². The molecule has 0 saturated heterocycles. The quantitative estimate of drug-likeness (QED) is 0.547. The smallest absolute Gasteiger partial charge is 0.195 e. The lowest BCUT2D eigenvalue weighted by molar-refractivity contribution is 0.105. The zero-order chi connectivity index (χ0) is 16.1. The lowest BCUT2D eigenvalue weighted by Gasteiger charge is -2.12. The largest absolute Gasteiger partial charge is 0.496 e. The van der Waals surface area contributed by atoms with Crippen molar-refractivity contribution in [3.05, 3.63) is 44.6 Å². The first-order valence-corrected chi connectivity index (χ1v) is 7.97. The molecule has 0 saturated carbocycles. The number of thiophene rings is 1. The minimum absolute atomic E-state index is 0.0625. The van der Waals surface area contributed by atoms with Crippen molar-refractivity contribution >= 4 is 39.1 Å². The van der Waals surface area contributed by atoms with Crippen molar-refractivity contribution in [2.24, 2.45) is 0 Å². The Morgan fingerprint density at radius 3 is 2.23 bits per heavy atom. The summed E-state index contributed by atoms with van der Waals surface area (Å²) < 4.78 is 16.7. The Hall–Kier alpha value is -1.79. The van der Waals surface area contributed by atoms with E-state index in [4.69, 9.17) is 14.2 Å². The molecular weight excluding hydrogens is 368 g/mol. The van der Waals surface area contributed by atoms with Crippen LogP contribution in [-0.4, -0.2) is 27.1 Å². The molecule has 6 heteroatoms. The maximum absolute atomic E-state index is 12.1. The molecule has 1 heterocycles. The molecule has 1 aromatic heterocycles. The highest BCUT2D eigenvalue weighted by molar-refractivity contribution is 9.11. The molecule has 116 valence electrons. The van der Waals surface area contributed by atoms with Gasteiger partial charge in [0.1, 0.15) is 5.75 Å². The number of hydrogen-bond acceptors (Lipinski definition) is 5. The Bertz CT molecular complexity index is 706. The van der Waals surface area contributed by atoms with Crippen LogP contribution in [0.15, 0.2) is 34.1 Å². The summed E-state index contributed by atoms with van der Waals surface area (Å²) in [6, 6.07) is 7.13. The van der Waals surface area contributed by atoms with Gasteiger partial charge in [0, 0.05) is 11.6 Å². The highest BCUT2D eigenvalue weighted by Gasteiger charge is 2.11. The molecule has 22 heavy (non-hydrogen) atoms. The minimum Gasteiger partial charge on any atom is -0.496 e.